The molecule has 7 nitrogen and oxygen atoms in total. The number of fused-ring (bicyclic) bond motifs is 2. The summed E-state index contributed by atoms with van der Waals surface area (Å²) in [5.74, 6) is 1.23. The van der Waals surface area contributed by atoms with E-state index in [1.54, 1.807) is 16.9 Å². The Morgan fingerprint density at radius 1 is 1.00 bits per heavy atom. The fraction of sp³-hybridized carbons (Fsp3) is 0. The third-order valence-electron chi connectivity index (χ3n) is 3.90. The highest BCUT2D eigenvalue weighted by molar-refractivity contribution is 5.80. The fourth-order valence-electron chi connectivity index (χ4n) is 2.72. The summed E-state index contributed by atoms with van der Waals surface area (Å²) >= 11 is 0. The quantitative estimate of drug-likeness (QED) is 0.544. The number of benzene rings is 2. The van der Waals surface area contributed by atoms with Gasteiger partial charge in [-0.3, -0.25) is 0 Å². The van der Waals surface area contributed by atoms with Crippen molar-refractivity contribution < 1.29 is 4.52 Å². The lowest BCUT2D eigenvalue weighted by Gasteiger charge is -2.02. The molecule has 2 aromatic carbocycles. The molecule has 5 rings (SSSR count). The molecule has 0 bridgehead atoms. The van der Waals surface area contributed by atoms with Crippen molar-refractivity contribution in [2.24, 2.45) is 0 Å². The Balaban J connectivity index is 1.56. The average Bonchev–Trinajstić information content (AvgIpc) is 3.27. The Bertz CT molecular complexity index is 1180. The molecule has 25 heavy (non-hydrogen) atoms. The number of hydrogen-bond acceptors (Lipinski definition) is 6. The number of rotatable bonds is 3. The highest BCUT2D eigenvalue weighted by atomic mass is 16.5. The van der Waals surface area contributed by atoms with Crippen LogP contribution in [0.2, 0.25) is 0 Å². The molecule has 3 aromatic heterocycles. The van der Waals surface area contributed by atoms with Crippen molar-refractivity contribution in [3.05, 3.63) is 67.0 Å². The van der Waals surface area contributed by atoms with Crippen molar-refractivity contribution in [2.45, 2.75) is 0 Å². The van der Waals surface area contributed by atoms with Crippen LogP contribution < -0.4 is 5.32 Å². The van der Waals surface area contributed by atoms with E-state index >= 15 is 0 Å². The van der Waals surface area contributed by atoms with Crippen LogP contribution in [0.15, 0.2) is 71.5 Å². The summed E-state index contributed by atoms with van der Waals surface area (Å²) < 4.78 is 6.91. The second-order valence-corrected chi connectivity index (χ2v) is 5.54. The molecule has 0 amide bonds. The number of aromatic nitrogens is 5. The number of hydrogen-bond donors (Lipinski definition) is 1. The molecule has 0 aliphatic carbocycles. The molecule has 0 atom stereocenters. The van der Waals surface area contributed by atoms with E-state index in [4.69, 9.17) is 4.52 Å². The van der Waals surface area contributed by atoms with E-state index in [9.17, 15) is 0 Å². The van der Waals surface area contributed by atoms with Gasteiger partial charge in [0.2, 0.25) is 5.95 Å². The van der Waals surface area contributed by atoms with E-state index in [0.717, 1.165) is 28.1 Å². The summed E-state index contributed by atoms with van der Waals surface area (Å²) in [6.07, 6.45) is 3.41. The third kappa shape index (κ3) is 2.38. The molecule has 120 valence electrons. The summed E-state index contributed by atoms with van der Waals surface area (Å²) in [5.41, 5.74) is 3.24. The maximum absolute atomic E-state index is 5.19. The zero-order chi connectivity index (χ0) is 16.6. The molecule has 0 unspecified atom stereocenters. The van der Waals surface area contributed by atoms with Gasteiger partial charge >= 0.3 is 0 Å². The van der Waals surface area contributed by atoms with Crippen molar-refractivity contribution in [2.75, 3.05) is 5.32 Å². The lowest BCUT2D eigenvalue weighted by atomic mass is 10.2. The van der Waals surface area contributed by atoms with Gasteiger partial charge in [-0.15, -0.1) is 5.10 Å². The van der Waals surface area contributed by atoms with Crippen LogP contribution in [0, 0.1) is 0 Å². The minimum Gasteiger partial charge on any atom is -0.356 e. The molecule has 0 aliphatic rings. The molecule has 5 aromatic rings. The Kier molecular flexibility index (Phi) is 2.96. The van der Waals surface area contributed by atoms with Gasteiger partial charge in [-0.05, 0) is 12.1 Å². The minimum absolute atomic E-state index is 0.490. The van der Waals surface area contributed by atoms with Gasteiger partial charge in [-0.1, -0.05) is 35.5 Å². The first-order chi connectivity index (χ1) is 12.4. The maximum atomic E-state index is 5.19. The standard InChI is InChI=1S/C18H12N6O/c1-2-4-12(5-3-1)17-19-9-8-16-22-18(23-24(16)17)21-14-7-6-13-11-20-25-15(13)10-14/h1-11H,(H,21,23). The molecule has 0 radical (unpaired) electrons. The second-order valence-electron chi connectivity index (χ2n) is 5.54. The first-order valence-corrected chi connectivity index (χ1v) is 7.75. The van der Waals surface area contributed by atoms with Gasteiger partial charge in [0, 0.05) is 35.0 Å². The number of anilines is 2. The Morgan fingerprint density at radius 2 is 1.92 bits per heavy atom. The Morgan fingerprint density at radius 3 is 2.84 bits per heavy atom. The number of nitrogens with zero attached hydrogens (tertiary/aromatic N) is 5. The van der Waals surface area contributed by atoms with Gasteiger partial charge < -0.3 is 9.84 Å². The molecule has 1 N–H and O–H groups in total. The van der Waals surface area contributed by atoms with E-state index in [1.807, 2.05) is 54.6 Å². The summed E-state index contributed by atoms with van der Waals surface area (Å²) in [6, 6.07) is 17.5. The zero-order valence-electron chi connectivity index (χ0n) is 13.0. The minimum atomic E-state index is 0.490. The molecular formula is C18H12N6O. The molecule has 0 saturated heterocycles. The van der Waals surface area contributed by atoms with Crippen LogP contribution in [0.4, 0.5) is 11.6 Å². The van der Waals surface area contributed by atoms with Gasteiger partial charge in [0.05, 0.1) is 6.20 Å². The third-order valence-corrected chi connectivity index (χ3v) is 3.90. The van der Waals surface area contributed by atoms with Crippen LogP contribution in [0.5, 0.6) is 0 Å². The lowest BCUT2D eigenvalue weighted by molar-refractivity contribution is 0.456. The van der Waals surface area contributed by atoms with Crippen molar-refractivity contribution in [3.63, 3.8) is 0 Å². The van der Waals surface area contributed by atoms with E-state index in [2.05, 4.69) is 25.5 Å². The highest BCUT2D eigenvalue weighted by Crippen LogP contribution is 2.22. The fourth-order valence-corrected chi connectivity index (χ4v) is 2.72. The van der Waals surface area contributed by atoms with Crippen LogP contribution >= 0.6 is 0 Å². The molecule has 7 heteroatoms. The van der Waals surface area contributed by atoms with Crippen molar-refractivity contribution in [3.8, 4) is 11.4 Å². The first-order valence-electron chi connectivity index (χ1n) is 7.75. The molecule has 0 aliphatic heterocycles. The van der Waals surface area contributed by atoms with Crippen molar-refractivity contribution >= 4 is 28.3 Å². The summed E-state index contributed by atoms with van der Waals surface area (Å²) in [4.78, 5) is 8.96. The maximum Gasteiger partial charge on any atom is 0.247 e. The van der Waals surface area contributed by atoms with Crippen LogP contribution in [0.1, 0.15) is 0 Å². The van der Waals surface area contributed by atoms with Gasteiger partial charge in [-0.2, -0.15) is 9.50 Å². The van der Waals surface area contributed by atoms with Crippen LogP contribution in [0.25, 0.3) is 28.0 Å². The zero-order valence-corrected chi connectivity index (χ0v) is 13.0. The lowest BCUT2D eigenvalue weighted by Crippen LogP contribution is -1.97. The van der Waals surface area contributed by atoms with Gasteiger partial charge in [0.15, 0.2) is 17.1 Å². The van der Waals surface area contributed by atoms with E-state index in [0.29, 0.717) is 11.5 Å². The summed E-state index contributed by atoms with van der Waals surface area (Å²) in [7, 11) is 0. The summed E-state index contributed by atoms with van der Waals surface area (Å²) in [6.45, 7) is 0. The van der Waals surface area contributed by atoms with Crippen LogP contribution in [-0.2, 0) is 0 Å². The van der Waals surface area contributed by atoms with Crippen LogP contribution in [0.3, 0.4) is 0 Å². The Hall–Kier alpha value is -3.74. The van der Waals surface area contributed by atoms with E-state index in [1.165, 1.54) is 0 Å². The molecular weight excluding hydrogens is 316 g/mol. The molecule has 0 fully saturated rings. The van der Waals surface area contributed by atoms with Crippen molar-refractivity contribution in [1.82, 2.24) is 24.7 Å². The predicted octanol–water partition coefficient (Wildman–Crippen LogP) is 3.68. The first kappa shape index (κ1) is 13.7. The second kappa shape index (κ2) is 5.41. The average molecular weight is 328 g/mol. The molecule has 3 heterocycles. The van der Waals surface area contributed by atoms with Crippen molar-refractivity contribution in [1.29, 1.82) is 0 Å². The summed E-state index contributed by atoms with van der Waals surface area (Å²) in [5, 5.41) is 12.5. The predicted molar refractivity (Wildman–Crippen MR) is 93.5 cm³/mol. The highest BCUT2D eigenvalue weighted by Gasteiger charge is 2.10. The smallest absolute Gasteiger partial charge is 0.247 e. The largest absolute Gasteiger partial charge is 0.356 e. The van der Waals surface area contributed by atoms with Gasteiger partial charge in [0.1, 0.15) is 0 Å². The normalized spacial score (nSPS) is 11.2. The Labute approximate surface area is 141 Å². The molecule has 0 saturated carbocycles. The van der Waals surface area contributed by atoms with Crippen LogP contribution in [-0.4, -0.2) is 24.7 Å². The molecule has 0 spiro atoms. The van der Waals surface area contributed by atoms with E-state index < -0.39 is 0 Å². The van der Waals surface area contributed by atoms with Gasteiger partial charge in [0.25, 0.3) is 0 Å². The van der Waals surface area contributed by atoms with Gasteiger partial charge in [-0.25, -0.2) is 4.98 Å². The topological polar surface area (TPSA) is 81.1 Å². The SMILES string of the molecule is c1ccc(-c2nccc3nc(Nc4ccc5cnoc5c4)nn23)cc1. The number of nitrogens with one attached hydrogen (secondary N) is 1. The monoisotopic (exact) mass is 328 g/mol. The van der Waals surface area contributed by atoms with E-state index in [-0.39, 0.29) is 0 Å².